The Morgan fingerprint density at radius 3 is 2.16 bits per heavy atom. The minimum Gasteiger partial charge on any atom is -0.353 e. The van der Waals surface area contributed by atoms with Crippen LogP contribution in [0.2, 0.25) is 0 Å². The number of carbonyl (C=O) groups is 1. The van der Waals surface area contributed by atoms with E-state index in [1.165, 1.54) is 6.42 Å². The lowest BCUT2D eigenvalue weighted by Crippen LogP contribution is -2.47. The molecule has 2 saturated carbocycles. The summed E-state index contributed by atoms with van der Waals surface area (Å²) in [6.07, 6.45) is 6.26. The highest BCUT2D eigenvalue weighted by molar-refractivity contribution is 5.79. The zero-order valence-electron chi connectivity index (χ0n) is 13.0. The molecule has 0 spiro atoms. The Kier molecular flexibility index (Phi) is 3.97. The average Bonchev–Trinajstić information content (AvgIpc) is 2.59. The van der Waals surface area contributed by atoms with Crippen LogP contribution in [0.25, 0.3) is 0 Å². The first-order chi connectivity index (χ1) is 8.67. The molecule has 2 fully saturated rings. The molecule has 2 aliphatic rings. The molecule has 3 nitrogen and oxygen atoms in total. The summed E-state index contributed by atoms with van der Waals surface area (Å²) in [7, 11) is 0. The van der Waals surface area contributed by atoms with E-state index in [0.29, 0.717) is 16.9 Å². The number of amides is 1. The molecule has 2 atom stereocenters. The fraction of sp³-hybridized carbons (Fsp3) is 0.938. The molecule has 0 aromatic rings. The van der Waals surface area contributed by atoms with Crippen LogP contribution in [0.15, 0.2) is 0 Å². The van der Waals surface area contributed by atoms with Gasteiger partial charge < -0.3 is 11.1 Å². The Balaban J connectivity index is 1.93. The molecule has 19 heavy (non-hydrogen) atoms. The summed E-state index contributed by atoms with van der Waals surface area (Å²) in [4.78, 5) is 12.3. The monoisotopic (exact) mass is 266 g/mol. The third kappa shape index (κ3) is 3.95. The van der Waals surface area contributed by atoms with E-state index >= 15 is 0 Å². The fourth-order valence-corrected chi connectivity index (χ4v) is 4.52. The predicted molar refractivity (Wildman–Crippen MR) is 78.7 cm³/mol. The summed E-state index contributed by atoms with van der Waals surface area (Å²) in [5.41, 5.74) is 6.55. The van der Waals surface area contributed by atoms with Gasteiger partial charge in [-0.2, -0.15) is 0 Å². The van der Waals surface area contributed by atoms with Gasteiger partial charge in [-0.1, -0.05) is 27.7 Å². The van der Waals surface area contributed by atoms with Crippen LogP contribution in [0.4, 0.5) is 0 Å². The molecule has 110 valence electrons. The van der Waals surface area contributed by atoms with E-state index in [-0.39, 0.29) is 17.9 Å². The van der Waals surface area contributed by atoms with E-state index < -0.39 is 0 Å². The zero-order valence-corrected chi connectivity index (χ0v) is 13.0. The van der Waals surface area contributed by atoms with Gasteiger partial charge >= 0.3 is 0 Å². The highest BCUT2D eigenvalue weighted by Gasteiger charge is 2.39. The second kappa shape index (κ2) is 5.08. The molecule has 0 radical (unpaired) electrons. The highest BCUT2D eigenvalue weighted by atomic mass is 16.1. The van der Waals surface area contributed by atoms with Gasteiger partial charge in [-0.15, -0.1) is 0 Å². The Morgan fingerprint density at radius 1 is 1.11 bits per heavy atom. The minimum absolute atomic E-state index is 0.156. The van der Waals surface area contributed by atoms with E-state index in [4.69, 9.17) is 5.73 Å². The zero-order chi connectivity index (χ0) is 14.3. The quantitative estimate of drug-likeness (QED) is 0.807. The van der Waals surface area contributed by atoms with Crippen molar-refractivity contribution in [2.45, 2.75) is 78.3 Å². The second-order valence-corrected chi connectivity index (χ2v) is 8.39. The molecule has 0 aliphatic heterocycles. The van der Waals surface area contributed by atoms with Crippen LogP contribution < -0.4 is 11.1 Å². The summed E-state index contributed by atoms with van der Waals surface area (Å²) in [6.45, 7) is 9.27. The molecule has 3 heteroatoms. The highest BCUT2D eigenvalue weighted by Crippen LogP contribution is 2.45. The van der Waals surface area contributed by atoms with Crippen molar-refractivity contribution < 1.29 is 4.79 Å². The Labute approximate surface area is 117 Å². The molecule has 0 aromatic heterocycles. The molecule has 2 unspecified atom stereocenters. The van der Waals surface area contributed by atoms with Gasteiger partial charge in [-0.3, -0.25) is 4.79 Å². The SMILES string of the molecule is CC1(C)CC(NC(=O)C2CCC(N)C2)CC(C)(C)C1. The summed E-state index contributed by atoms with van der Waals surface area (Å²) in [5.74, 6) is 0.398. The number of rotatable bonds is 2. The molecule has 3 N–H and O–H groups in total. The summed E-state index contributed by atoms with van der Waals surface area (Å²) >= 11 is 0. The van der Waals surface area contributed by atoms with Gasteiger partial charge in [0, 0.05) is 18.0 Å². The number of nitrogens with two attached hydrogens (primary N) is 1. The van der Waals surface area contributed by atoms with Crippen molar-refractivity contribution in [1.82, 2.24) is 5.32 Å². The predicted octanol–water partition coefficient (Wildman–Crippen LogP) is 2.83. The number of hydrogen-bond donors (Lipinski definition) is 2. The van der Waals surface area contributed by atoms with Gasteiger partial charge in [0.15, 0.2) is 0 Å². The molecule has 0 saturated heterocycles. The lowest BCUT2D eigenvalue weighted by Gasteiger charge is -2.45. The average molecular weight is 266 g/mol. The lowest BCUT2D eigenvalue weighted by molar-refractivity contribution is -0.126. The summed E-state index contributed by atoms with van der Waals surface area (Å²) in [6, 6.07) is 0.568. The van der Waals surface area contributed by atoms with Crippen LogP contribution in [0.3, 0.4) is 0 Å². The van der Waals surface area contributed by atoms with Gasteiger partial charge in [-0.25, -0.2) is 0 Å². The largest absolute Gasteiger partial charge is 0.353 e. The van der Waals surface area contributed by atoms with Gasteiger partial charge in [-0.05, 0) is 49.4 Å². The van der Waals surface area contributed by atoms with Crippen LogP contribution in [0, 0.1) is 16.7 Å². The smallest absolute Gasteiger partial charge is 0.223 e. The van der Waals surface area contributed by atoms with E-state index in [0.717, 1.165) is 32.1 Å². The van der Waals surface area contributed by atoms with E-state index in [2.05, 4.69) is 33.0 Å². The number of carbonyl (C=O) groups excluding carboxylic acids is 1. The van der Waals surface area contributed by atoms with Crippen molar-refractivity contribution in [3.05, 3.63) is 0 Å². The molecule has 2 rings (SSSR count). The van der Waals surface area contributed by atoms with Gasteiger partial charge in [0.25, 0.3) is 0 Å². The van der Waals surface area contributed by atoms with Crippen LogP contribution in [-0.2, 0) is 4.79 Å². The van der Waals surface area contributed by atoms with Crippen LogP contribution in [0.1, 0.15) is 66.2 Å². The normalized spacial score (nSPS) is 34.2. The third-order valence-electron chi connectivity index (χ3n) is 4.75. The van der Waals surface area contributed by atoms with E-state index in [9.17, 15) is 4.79 Å². The molecule has 1 amide bonds. The molecule has 2 aliphatic carbocycles. The van der Waals surface area contributed by atoms with Crippen molar-refractivity contribution in [3.63, 3.8) is 0 Å². The maximum Gasteiger partial charge on any atom is 0.223 e. The summed E-state index contributed by atoms with van der Waals surface area (Å²) < 4.78 is 0. The lowest BCUT2D eigenvalue weighted by atomic mass is 9.63. The summed E-state index contributed by atoms with van der Waals surface area (Å²) in [5, 5.41) is 3.30. The van der Waals surface area contributed by atoms with Crippen LogP contribution in [-0.4, -0.2) is 18.0 Å². The standard InChI is InChI=1S/C16H30N2O/c1-15(2)8-13(9-16(3,4)10-15)18-14(19)11-5-6-12(17)7-11/h11-13H,5-10,17H2,1-4H3,(H,18,19). The van der Waals surface area contributed by atoms with E-state index in [1.807, 2.05) is 0 Å². The van der Waals surface area contributed by atoms with E-state index in [1.54, 1.807) is 0 Å². The molecule has 0 bridgehead atoms. The van der Waals surface area contributed by atoms with Gasteiger partial charge in [0.1, 0.15) is 0 Å². The first-order valence-corrected chi connectivity index (χ1v) is 7.73. The molecular formula is C16H30N2O. The van der Waals surface area contributed by atoms with Crippen molar-refractivity contribution in [3.8, 4) is 0 Å². The number of hydrogen-bond acceptors (Lipinski definition) is 2. The Bertz CT molecular complexity index is 333. The number of nitrogens with one attached hydrogen (secondary N) is 1. The van der Waals surface area contributed by atoms with Crippen molar-refractivity contribution in [1.29, 1.82) is 0 Å². The maximum atomic E-state index is 12.3. The topological polar surface area (TPSA) is 55.1 Å². The van der Waals surface area contributed by atoms with Crippen molar-refractivity contribution >= 4 is 5.91 Å². The first-order valence-electron chi connectivity index (χ1n) is 7.73. The van der Waals surface area contributed by atoms with Crippen LogP contribution >= 0.6 is 0 Å². The third-order valence-corrected chi connectivity index (χ3v) is 4.75. The molecular weight excluding hydrogens is 236 g/mol. The second-order valence-electron chi connectivity index (χ2n) is 8.39. The van der Waals surface area contributed by atoms with Gasteiger partial charge in [0.05, 0.1) is 0 Å². The Morgan fingerprint density at radius 2 is 1.68 bits per heavy atom. The first kappa shape index (κ1) is 14.8. The Hall–Kier alpha value is -0.570. The van der Waals surface area contributed by atoms with Crippen LogP contribution in [0.5, 0.6) is 0 Å². The fourth-order valence-electron chi connectivity index (χ4n) is 4.52. The van der Waals surface area contributed by atoms with Crippen molar-refractivity contribution in [2.75, 3.05) is 0 Å². The van der Waals surface area contributed by atoms with Crippen molar-refractivity contribution in [2.24, 2.45) is 22.5 Å². The molecule has 0 heterocycles. The molecule has 0 aromatic carbocycles. The minimum atomic E-state index is 0.156. The maximum absolute atomic E-state index is 12.3. The van der Waals surface area contributed by atoms with Gasteiger partial charge in [0.2, 0.25) is 5.91 Å².